The summed E-state index contributed by atoms with van der Waals surface area (Å²) in [7, 11) is 0. The van der Waals surface area contributed by atoms with Crippen LogP contribution in [-0.2, 0) is 0 Å². The van der Waals surface area contributed by atoms with Crippen molar-refractivity contribution in [1.82, 2.24) is 10.2 Å². The van der Waals surface area contributed by atoms with Crippen molar-refractivity contribution in [3.8, 4) is 0 Å². The highest BCUT2D eigenvalue weighted by molar-refractivity contribution is 6.42. The van der Waals surface area contributed by atoms with Gasteiger partial charge in [-0.3, -0.25) is 4.90 Å². The number of hydrogen-bond acceptors (Lipinski definition) is 2. The third-order valence-corrected chi connectivity index (χ3v) is 5.11. The summed E-state index contributed by atoms with van der Waals surface area (Å²) in [6.45, 7) is 8.88. The maximum atomic E-state index is 6.36. The van der Waals surface area contributed by atoms with E-state index in [4.69, 9.17) is 23.2 Å². The molecule has 1 aliphatic heterocycles. The maximum Gasteiger partial charge on any atom is 0.0640 e. The van der Waals surface area contributed by atoms with Gasteiger partial charge in [0.15, 0.2) is 0 Å². The Labute approximate surface area is 132 Å². The van der Waals surface area contributed by atoms with Gasteiger partial charge in [-0.25, -0.2) is 0 Å². The number of halogens is 2. The summed E-state index contributed by atoms with van der Waals surface area (Å²) in [6, 6.07) is 6.21. The summed E-state index contributed by atoms with van der Waals surface area (Å²) in [5.41, 5.74) is 1.13. The second-order valence-corrected chi connectivity index (χ2v) is 6.40. The lowest BCUT2D eigenvalue weighted by Crippen LogP contribution is -2.39. The van der Waals surface area contributed by atoms with Crippen LogP contribution < -0.4 is 5.32 Å². The maximum absolute atomic E-state index is 6.36. The molecule has 1 heterocycles. The largest absolute Gasteiger partial charge is 0.316 e. The number of piperidine rings is 1. The molecule has 1 aromatic carbocycles. The van der Waals surface area contributed by atoms with Gasteiger partial charge in [0.2, 0.25) is 0 Å². The summed E-state index contributed by atoms with van der Waals surface area (Å²) in [4.78, 5) is 2.50. The van der Waals surface area contributed by atoms with Gasteiger partial charge < -0.3 is 5.32 Å². The minimum absolute atomic E-state index is 0.299. The van der Waals surface area contributed by atoms with Gasteiger partial charge in [0.1, 0.15) is 0 Å². The molecule has 2 nitrogen and oxygen atoms in total. The lowest BCUT2D eigenvalue weighted by Gasteiger charge is -2.34. The van der Waals surface area contributed by atoms with Crippen LogP contribution in [0, 0.1) is 5.92 Å². The summed E-state index contributed by atoms with van der Waals surface area (Å²) >= 11 is 12.5. The average Bonchev–Trinajstić information content (AvgIpc) is 2.48. The highest BCUT2D eigenvalue weighted by atomic mass is 35.5. The zero-order valence-electron chi connectivity index (χ0n) is 12.3. The first-order valence-corrected chi connectivity index (χ1v) is 8.27. The molecule has 0 aromatic heterocycles. The molecule has 0 spiro atoms. The second kappa shape index (κ2) is 7.65. The molecule has 0 radical (unpaired) electrons. The van der Waals surface area contributed by atoms with Crippen LogP contribution in [0.15, 0.2) is 18.2 Å². The number of nitrogens with one attached hydrogen (secondary N) is 1. The van der Waals surface area contributed by atoms with Crippen LogP contribution in [0.1, 0.15) is 38.3 Å². The van der Waals surface area contributed by atoms with Gasteiger partial charge in [-0.2, -0.15) is 0 Å². The number of benzene rings is 1. The Bertz CT molecular complexity index is 430. The molecule has 0 saturated carbocycles. The van der Waals surface area contributed by atoms with E-state index in [0.29, 0.717) is 16.1 Å². The van der Waals surface area contributed by atoms with Crippen molar-refractivity contribution in [2.75, 3.05) is 26.2 Å². The van der Waals surface area contributed by atoms with Crippen molar-refractivity contribution in [2.24, 2.45) is 5.92 Å². The van der Waals surface area contributed by atoms with Gasteiger partial charge in [-0.1, -0.05) is 42.3 Å². The predicted molar refractivity (Wildman–Crippen MR) is 87.7 cm³/mol. The number of nitrogens with zero attached hydrogens (tertiary/aromatic N) is 1. The fraction of sp³-hybridized carbons (Fsp3) is 0.625. The zero-order chi connectivity index (χ0) is 14.5. The SMILES string of the molecule is CCN(CC1CCCNC1)C(C)c1cccc(Cl)c1Cl. The topological polar surface area (TPSA) is 15.3 Å². The Balaban J connectivity index is 2.07. The fourth-order valence-corrected chi connectivity index (χ4v) is 3.48. The minimum atomic E-state index is 0.299. The van der Waals surface area contributed by atoms with Gasteiger partial charge >= 0.3 is 0 Å². The Morgan fingerprint density at radius 3 is 2.85 bits per heavy atom. The molecule has 2 atom stereocenters. The van der Waals surface area contributed by atoms with Crippen molar-refractivity contribution in [1.29, 1.82) is 0 Å². The first-order chi connectivity index (χ1) is 9.63. The summed E-state index contributed by atoms with van der Waals surface area (Å²) < 4.78 is 0. The average molecular weight is 315 g/mol. The molecule has 2 rings (SSSR count). The Kier molecular flexibility index (Phi) is 6.16. The van der Waals surface area contributed by atoms with Crippen molar-refractivity contribution in [2.45, 2.75) is 32.7 Å². The smallest absolute Gasteiger partial charge is 0.0640 e. The monoisotopic (exact) mass is 314 g/mol. The highest BCUT2D eigenvalue weighted by Crippen LogP contribution is 2.33. The van der Waals surface area contributed by atoms with Crippen molar-refractivity contribution >= 4 is 23.2 Å². The first kappa shape index (κ1) is 16.1. The molecule has 2 unspecified atom stereocenters. The van der Waals surface area contributed by atoms with Gasteiger partial charge in [-0.15, -0.1) is 0 Å². The van der Waals surface area contributed by atoms with Crippen molar-refractivity contribution < 1.29 is 0 Å². The Hall–Kier alpha value is -0.280. The molecule has 1 aromatic rings. The van der Waals surface area contributed by atoms with Crippen LogP contribution in [0.4, 0.5) is 0 Å². The number of rotatable bonds is 5. The lowest BCUT2D eigenvalue weighted by molar-refractivity contribution is 0.171. The Morgan fingerprint density at radius 1 is 1.40 bits per heavy atom. The second-order valence-electron chi connectivity index (χ2n) is 5.62. The van der Waals surface area contributed by atoms with Crippen LogP contribution >= 0.6 is 23.2 Å². The van der Waals surface area contributed by atoms with Crippen LogP contribution in [0.25, 0.3) is 0 Å². The van der Waals surface area contributed by atoms with E-state index in [-0.39, 0.29) is 0 Å². The van der Waals surface area contributed by atoms with E-state index in [1.807, 2.05) is 12.1 Å². The standard InChI is InChI=1S/C16H24Cl2N2/c1-3-20(11-13-6-5-9-19-10-13)12(2)14-7-4-8-15(17)16(14)18/h4,7-8,12-13,19H,3,5-6,9-11H2,1-2H3. The molecule has 1 fully saturated rings. The highest BCUT2D eigenvalue weighted by Gasteiger charge is 2.22. The van der Waals surface area contributed by atoms with Crippen LogP contribution in [-0.4, -0.2) is 31.1 Å². The quantitative estimate of drug-likeness (QED) is 0.867. The zero-order valence-corrected chi connectivity index (χ0v) is 13.8. The molecule has 1 N–H and O–H groups in total. The third-order valence-electron chi connectivity index (χ3n) is 4.28. The molecule has 112 valence electrons. The van der Waals surface area contributed by atoms with Gasteiger partial charge in [0, 0.05) is 12.6 Å². The van der Waals surface area contributed by atoms with Crippen molar-refractivity contribution in [3.05, 3.63) is 33.8 Å². The molecule has 1 aliphatic rings. The van der Waals surface area contributed by atoms with E-state index in [2.05, 4.69) is 30.1 Å². The van der Waals surface area contributed by atoms with Crippen LogP contribution in [0.5, 0.6) is 0 Å². The molecule has 0 amide bonds. The molecule has 0 aliphatic carbocycles. The van der Waals surface area contributed by atoms with Crippen LogP contribution in [0.2, 0.25) is 10.0 Å². The van der Waals surface area contributed by atoms with E-state index < -0.39 is 0 Å². The Morgan fingerprint density at radius 2 is 2.20 bits per heavy atom. The molecule has 1 saturated heterocycles. The van der Waals surface area contributed by atoms with Crippen LogP contribution in [0.3, 0.4) is 0 Å². The summed E-state index contributed by atoms with van der Waals surface area (Å²) in [5, 5.41) is 4.83. The van der Waals surface area contributed by atoms with E-state index >= 15 is 0 Å². The molecule has 20 heavy (non-hydrogen) atoms. The first-order valence-electron chi connectivity index (χ1n) is 7.52. The van der Waals surface area contributed by atoms with Gasteiger partial charge in [-0.05, 0) is 56.9 Å². The minimum Gasteiger partial charge on any atom is -0.316 e. The molecular formula is C16H24Cl2N2. The van der Waals surface area contributed by atoms with E-state index in [0.717, 1.165) is 37.7 Å². The summed E-state index contributed by atoms with van der Waals surface area (Å²) in [6.07, 6.45) is 2.61. The lowest BCUT2D eigenvalue weighted by atomic mass is 9.97. The van der Waals surface area contributed by atoms with Crippen molar-refractivity contribution in [3.63, 3.8) is 0 Å². The molecule has 4 heteroatoms. The third kappa shape index (κ3) is 3.88. The summed E-state index contributed by atoms with van der Waals surface area (Å²) in [5.74, 6) is 0.740. The van der Waals surface area contributed by atoms with E-state index in [1.165, 1.54) is 12.8 Å². The number of hydrogen-bond donors (Lipinski definition) is 1. The predicted octanol–water partition coefficient (Wildman–Crippen LogP) is 4.38. The fourth-order valence-electron chi connectivity index (χ4n) is 3.01. The van der Waals surface area contributed by atoms with E-state index in [9.17, 15) is 0 Å². The molecule has 0 bridgehead atoms. The molecular weight excluding hydrogens is 291 g/mol. The van der Waals surface area contributed by atoms with E-state index in [1.54, 1.807) is 0 Å². The van der Waals surface area contributed by atoms with Gasteiger partial charge in [0.05, 0.1) is 10.0 Å². The normalized spacial score (nSPS) is 21.1. The van der Waals surface area contributed by atoms with Gasteiger partial charge in [0.25, 0.3) is 0 Å².